The molecular formula is C23H33FN2O3Si. The van der Waals surface area contributed by atoms with Crippen LogP contribution in [0, 0.1) is 5.82 Å². The number of alkyl carbamates (subject to hydrolysis) is 1. The molecule has 2 rings (SSSR count). The van der Waals surface area contributed by atoms with E-state index in [1.165, 1.54) is 6.07 Å². The summed E-state index contributed by atoms with van der Waals surface area (Å²) in [6.07, 6.45) is -0.513. The summed E-state index contributed by atoms with van der Waals surface area (Å²) in [5, 5.41) is 5.92. The summed E-state index contributed by atoms with van der Waals surface area (Å²) < 4.78 is 25.4. The molecule has 1 amide bonds. The summed E-state index contributed by atoms with van der Waals surface area (Å²) in [4.78, 5) is 11.9. The number of halogens is 1. The maximum Gasteiger partial charge on any atom is 0.407 e. The van der Waals surface area contributed by atoms with Crippen LogP contribution in [-0.2, 0) is 22.3 Å². The molecule has 2 aromatic rings. The number of carbonyl (C=O) groups excluding carboxylic acids is 1. The molecule has 0 aliphatic carbocycles. The van der Waals surface area contributed by atoms with E-state index < -0.39 is 14.4 Å². The van der Waals surface area contributed by atoms with Crippen molar-refractivity contribution in [1.29, 1.82) is 0 Å². The van der Waals surface area contributed by atoms with E-state index in [-0.39, 0.29) is 24.0 Å². The molecule has 0 aliphatic rings. The van der Waals surface area contributed by atoms with Gasteiger partial charge in [-0.2, -0.15) is 0 Å². The van der Waals surface area contributed by atoms with Crippen LogP contribution in [-0.4, -0.2) is 27.6 Å². The molecule has 7 heteroatoms. The molecule has 0 bridgehead atoms. The first kappa shape index (κ1) is 23.9. The van der Waals surface area contributed by atoms with Crippen LogP contribution in [0.1, 0.15) is 31.9 Å². The van der Waals surface area contributed by atoms with Crippen molar-refractivity contribution in [2.75, 3.05) is 18.5 Å². The highest BCUT2D eigenvalue weighted by Crippen LogP contribution is 2.36. The molecule has 0 aromatic heterocycles. The topological polar surface area (TPSA) is 59.6 Å². The smallest absolute Gasteiger partial charge is 0.407 e. The van der Waals surface area contributed by atoms with Crippen molar-refractivity contribution in [1.82, 2.24) is 5.32 Å². The van der Waals surface area contributed by atoms with E-state index in [0.717, 1.165) is 11.1 Å². The van der Waals surface area contributed by atoms with Crippen molar-refractivity contribution >= 4 is 20.1 Å². The van der Waals surface area contributed by atoms with Gasteiger partial charge in [0.05, 0.1) is 12.3 Å². The molecule has 0 aliphatic heterocycles. The number of amides is 1. The Hall–Kier alpha value is -2.38. The molecule has 0 saturated heterocycles. The lowest BCUT2D eigenvalue weighted by Gasteiger charge is -2.36. The quantitative estimate of drug-likeness (QED) is 0.395. The third-order valence-corrected chi connectivity index (χ3v) is 9.91. The molecule has 164 valence electrons. The Bertz CT molecular complexity index is 823. The Balaban J connectivity index is 1.79. The predicted octanol–water partition coefficient (Wildman–Crippen LogP) is 5.69. The molecule has 5 nitrogen and oxygen atoms in total. The molecule has 0 saturated carbocycles. The predicted molar refractivity (Wildman–Crippen MR) is 122 cm³/mol. The maximum absolute atomic E-state index is 14.1. The van der Waals surface area contributed by atoms with Crippen LogP contribution in [0.25, 0.3) is 0 Å². The van der Waals surface area contributed by atoms with E-state index >= 15 is 0 Å². The van der Waals surface area contributed by atoms with E-state index in [0.29, 0.717) is 18.8 Å². The van der Waals surface area contributed by atoms with Gasteiger partial charge in [0.2, 0.25) is 0 Å². The Labute approximate surface area is 180 Å². The van der Waals surface area contributed by atoms with Crippen LogP contribution >= 0.6 is 0 Å². The summed E-state index contributed by atoms with van der Waals surface area (Å²) in [6, 6.07) is 14.2. The molecule has 30 heavy (non-hydrogen) atoms. The van der Waals surface area contributed by atoms with Gasteiger partial charge in [0, 0.05) is 13.1 Å². The normalized spacial score (nSPS) is 11.8. The van der Waals surface area contributed by atoms with Gasteiger partial charge in [-0.1, -0.05) is 57.2 Å². The molecule has 2 aromatic carbocycles. The molecule has 0 spiro atoms. The van der Waals surface area contributed by atoms with Crippen molar-refractivity contribution in [3.05, 3.63) is 65.5 Å². The minimum absolute atomic E-state index is 0.138. The van der Waals surface area contributed by atoms with Crippen molar-refractivity contribution in [2.24, 2.45) is 0 Å². The van der Waals surface area contributed by atoms with Gasteiger partial charge in [-0.05, 0) is 41.4 Å². The second-order valence-corrected chi connectivity index (χ2v) is 13.6. The minimum Gasteiger partial charge on any atom is -0.445 e. The van der Waals surface area contributed by atoms with Gasteiger partial charge in [-0.3, -0.25) is 0 Å². The molecule has 0 fully saturated rings. The van der Waals surface area contributed by atoms with Gasteiger partial charge >= 0.3 is 6.09 Å². The molecule has 0 heterocycles. The summed E-state index contributed by atoms with van der Waals surface area (Å²) in [6.45, 7) is 12.4. The number of carbonyl (C=O) groups is 1. The van der Waals surface area contributed by atoms with E-state index in [2.05, 4.69) is 44.5 Å². The van der Waals surface area contributed by atoms with E-state index in [4.69, 9.17) is 9.16 Å². The van der Waals surface area contributed by atoms with Gasteiger partial charge in [0.15, 0.2) is 8.32 Å². The molecule has 0 unspecified atom stereocenters. The minimum atomic E-state index is -1.82. The number of rotatable bonds is 9. The number of benzene rings is 2. The lowest BCUT2D eigenvalue weighted by molar-refractivity contribution is 0.139. The highest BCUT2D eigenvalue weighted by atomic mass is 28.4. The second-order valence-electron chi connectivity index (χ2n) is 8.77. The second kappa shape index (κ2) is 10.6. The summed E-state index contributed by atoms with van der Waals surface area (Å²) >= 11 is 0. The maximum atomic E-state index is 14.1. The average Bonchev–Trinajstić information content (AvgIpc) is 2.69. The zero-order valence-corrected chi connectivity index (χ0v) is 19.5. The van der Waals surface area contributed by atoms with Crippen LogP contribution in [0.5, 0.6) is 0 Å². The average molecular weight is 433 g/mol. The first-order valence-corrected chi connectivity index (χ1v) is 13.1. The third kappa shape index (κ3) is 7.46. The Morgan fingerprint density at radius 3 is 2.43 bits per heavy atom. The van der Waals surface area contributed by atoms with E-state index in [9.17, 15) is 9.18 Å². The number of hydrogen-bond donors (Lipinski definition) is 2. The fraction of sp³-hybridized carbons (Fsp3) is 0.435. The molecule has 0 radical (unpaired) electrons. The largest absolute Gasteiger partial charge is 0.445 e. The number of nitrogens with one attached hydrogen (secondary N) is 2. The van der Waals surface area contributed by atoms with Crippen molar-refractivity contribution in [3.8, 4) is 0 Å². The fourth-order valence-corrected chi connectivity index (χ4v) is 3.52. The third-order valence-electron chi connectivity index (χ3n) is 5.37. The van der Waals surface area contributed by atoms with Gasteiger partial charge in [-0.25, -0.2) is 9.18 Å². The van der Waals surface area contributed by atoms with Crippen molar-refractivity contribution in [2.45, 2.75) is 52.1 Å². The van der Waals surface area contributed by atoms with Gasteiger partial charge in [-0.15, -0.1) is 0 Å². The molecule has 2 N–H and O–H groups in total. The lowest BCUT2D eigenvalue weighted by atomic mass is 10.2. The highest BCUT2D eigenvalue weighted by molar-refractivity contribution is 6.74. The Morgan fingerprint density at radius 2 is 1.77 bits per heavy atom. The number of anilines is 1. The fourth-order valence-electron chi connectivity index (χ4n) is 2.47. The first-order chi connectivity index (χ1) is 14.1. The Morgan fingerprint density at radius 1 is 1.07 bits per heavy atom. The van der Waals surface area contributed by atoms with Gasteiger partial charge in [0.1, 0.15) is 12.4 Å². The zero-order chi connectivity index (χ0) is 22.2. The first-order valence-electron chi connectivity index (χ1n) is 10.2. The lowest BCUT2D eigenvalue weighted by Crippen LogP contribution is -2.41. The zero-order valence-electron chi connectivity index (χ0n) is 18.5. The Kier molecular flexibility index (Phi) is 8.43. The van der Waals surface area contributed by atoms with E-state index in [1.807, 2.05) is 30.3 Å². The van der Waals surface area contributed by atoms with Crippen LogP contribution in [0.4, 0.5) is 14.9 Å². The van der Waals surface area contributed by atoms with Crippen LogP contribution in [0.3, 0.4) is 0 Å². The van der Waals surface area contributed by atoms with Crippen molar-refractivity contribution in [3.63, 3.8) is 0 Å². The number of hydrogen-bond acceptors (Lipinski definition) is 4. The molecule has 0 atom stereocenters. The van der Waals surface area contributed by atoms with Crippen LogP contribution in [0.15, 0.2) is 48.5 Å². The molecular weight excluding hydrogens is 399 g/mol. The van der Waals surface area contributed by atoms with E-state index in [1.54, 1.807) is 12.1 Å². The standard InChI is InChI=1S/C23H33FN2O3Si/c1-23(2,3)30(4,5)29-14-13-25-21-15-19(11-12-20(21)24)16-26-22(27)28-17-18-9-7-6-8-10-18/h6-12,15,25H,13-14,16-17H2,1-5H3,(H,26,27). The number of ether oxygens (including phenoxy) is 1. The van der Waals surface area contributed by atoms with Gasteiger partial charge in [0.25, 0.3) is 0 Å². The summed E-state index contributed by atoms with van der Waals surface area (Å²) in [7, 11) is -1.82. The van der Waals surface area contributed by atoms with Crippen LogP contribution < -0.4 is 10.6 Å². The summed E-state index contributed by atoms with van der Waals surface area (Å²) in [5.41, 5.74) is 2.09. The van der Waals surface area contributed by atoms with Gasteiger partial charge < -0.3 is 19.8 Å². The monoisotopic (exact) mass is 432 g/mol. The van der Waals surface area contributed by atoms with Crippen LogP contribution in [0.2, 0.25) is 18.1 Å². The SMILES string of the molecule is CC(C)(C)[Si](C)(C)OCCNc1cc(CNC(=O)OCc2ccccc2)ccc1F. The van der Waals surface area contributed by atoms with Crippen molar-refractivity contribution < 1.29 is 18.3 Å². The highest BCUT2D eigenvalue weighted by Gasteiger charge is 2.36. The summed E-state index contributed by atoms with van der Waals surface area (Å²) in [5.74, 6) is -0.335.